The van der Waals surface area contributed by atoms with Crippen molar-refractivity contribution in [2.45, 2.75) is 0 Å². The fraction of sp³-hybridized carbons (Fsp3) is 0. The lowest BCUT2D eigenvalue weighted by molar-refractivity contribution is 0.629. The zero-order chi connectivity index (χ0) is 38.6. The molecule has 0 saturated heterocycles. The molecule has 0 atom stereocenters. The van der Waals surface area contributed by atoms with Crippen molar-refractivity contribution >= 4 is 60.8 Å². The molecule has 274 valence electrons. The van der Waals surface area contributed by atoms with E-state index in [2.05, 4.69) is 179 Å². The summed E-state index contributed by atoms with van der Waals surface area (Å²) in [5.41, 5.74) is 14.1. The molecule has 0 aliphatic carbocycles. The van der Waals surface area contributed by atoms with Gasteiger partial charge < -0.3 is 13.9 Å². The highest BCUT2D eigenvalue weighted by atomic mass is 19.1. The van der Waals surface area contributed by atoms with Crippen molar-refractivity contribution in [1.29, 1.82) is 0 Å². The van der Waals surface area contributed by atoms with Crippen LogP contribution in [0.1, 0.15) is 0 Å². The van der Waals surface area contributed by atoms with Crippen LogP contribution in [0.2, 0.25) is 0 Å². The molecule has 58 heavy (non-hydrogen) atoms. The second-order valence-electron chi connectivity index (χ2n) is 14.6. The van der Waals surface area contributed by atoms with Crippen LogP contribution in [-0.2, 0) is 0 Å². The highest BCUT2D eigenvalue weighted by molar-refractivity contribution is 6.13. The number of para-hydroxylation sites is 5. The first-order valence-corrected chi connectivity index (χ1v) is 19.5. The first kappa shape index (κ1) is 33.6. The standard InChI is InChI=1S/C54H35FN2O/c55-40-29-34-46-45-17-7-8-22-49(45)57(52(46)35-40)51-24-10-9-23-50(51)56(41-30-25-37(26-31-41)36-13-3-1-4-14-36)42-32-27-39(28-33-42)44-19-12-21-48-47-20-11-18-43(53(47)58-54(44)48)38-15-5-2-6-16-38/h1-35H. The lowest BCUT2D eigenvalue weighted by Gasteiger charge is -2.28. The molecule has 0 bridgehead atoms. The molecule has 0 spiro atoms. The van der Waals surface area contributed by atoms with E-state index in [-0.39, 0.29) is 5.82 Å². The summed E-state index contributed by atoms with van der Waals surface area (Å²) in [5, 5.41) is 4.27. The number of rotatable bonds is 7. The molecule has 0 radical (unpaired) electrons. The molecule has 2 aromatic heterocycles. The topological polar surface area (TPSA) is 21.3 Å². The van der Waals surface area contributed by atoms with Gasteiger partial charge in [-0.2, -0.15) is 0 Å². The van der Waals surface area contributed by atoms with Crippen LogP contribution in [0.25, 0.3) is 82.8 Å². The number of aromatic nitrogens is 1. The SMILES string of the molecule is Fc1ccc2c3ccccc3n(-c3ccccc3N(c3ccc(-c4ccccc4)cc3)c3ccc(-c4cccc5c4oc4c(-c6ccccc6)cccc45)cc3)c2c1. The Morgan fingerprint density at radius 1 is 0.379 bits per heavy atom. The van der Waals surface area contributed by atoms with Gasteiger partial charge in [0.05, 0.1) is 22.4 Å². The summed E-state index contributed by atoms with van der Waals surface area (Å²) in [6.45, 7) is 0. The van der Waals surface area contributed by atoms with Gasteiger partial charge in [0.25, 0.3) is 0 Å². The van der Waals surface area contributed by atoms with E-state index in [1.54, 1.807) is 12.1 Å². The Labute approximate surface area is 335 Å². The molecule has 0 amide bonds. The van der Waals surface area contributed by atoms with Gasteiger partial charge in [0.15, 0.2) is 0 Å². The van der Waals surface area contributed by atoms with E-state index < -0.39 is 0 Å². The van der Waals surface area contributed by atoms with Gasteiger partial charge in [-0.1, -0.05) is 152 Å². The van der Waals surface area contributed by atoms with Gasteiger partial charge >= 0.3 is 0 Å². The minimum absolute atomic E-state index is 0.270. The van der Waals surface area contributed by atoms with Crippen LogP contribution in [-0.4, -0.2) is 4.57 Å². The summed E-state index contributed by atoms with van der Waals surface area (Å²) in [4.78, 5) is 2.29. The molecule has 0 aliphatic rings. The van der Waals surface area contributed by atoms with Gasteiger partial charge in [-0.25, -0.2) is 4.39 Å². The molecule has 11 rings (SSSR count). The highest BCUT2D eigenvalue weighted by Crippen LogP contribution is 2.44. The summed E-state index contributed by atoms with van der Waals surface area (Å²) >= 11 is 0. The molecule has 3 nitrogen and oxygen atoms in total. The molecule has 2 heterocycles. The number of furan rings is 1. The molecule has 0 saturated carbocycles. The first-order valence-electron chi connectivity index (χ1n) is 19.5. The third-order valence-electron chi connectivity index (χ3n) is 11.3. The van der Waals surface area contributed by atoms with Crippen molar-refractivity contribution in [3.63, 3.8) is 0 Å². The Bertz CT molecular complexity index is 3270. The second-order valence-corrected chi connectivity index (χ2v) is 14.6. The Morgan fingerprint density at radius 2 is 0.879 bits per heavy atom. The van der Waals surface area contributed by atoms with Gasteiger partial charge in [0.1, 0.15) is 17.0 Å². The number of anilines is 3. The fourth-order valence-electron chi connectivity index (χ4n) is 8.59. The minimum Gasteiger partial charge on any atom is -0.455 e. The van der Waals surface area contributed by atoms with Crippen molar-refractivity contribution in [1.82, 2.24) is 4.57 Å². The average molecular weight is 747 g/mol. The quantitative estimate of drug-likeness (QED) is 0.162. The fourth-order valence-corrected chi connectivity index (χ4v) is 8.59. The Morgan fingerprint density at radius 3 is 1.55 bits per heavy atom. The Kier molecular flexibility index (Phi) is 8.00. The van der Waals surface area contributed by atoms with E-state index in [1.165, 1.54) is 0 Å². The van der Waals surface area contributed by atoms with Crippen molar-refractivity contribution in [3.8, 4) is 39.1 Å². The first-order chi connectivity index (χ1) is 28.7. The van der Waals surface area contributed by atoms with E-state index in [1.807, 2.05) is 30.3 Å². The summed E-state index contributed by atoms with van der Waals surface area (Å²) in [5.74, 6) is -0.270. The summed E-state index contributed by atoms with van der Waals surface area (Å²) < 4.78 is 24.0. The van der Waals surface area contributed by atoms with Gasteiger partial charge in [0.2, 0.25) is 0 Å². The van der Waals surface area contributed by atoms with Crippen molar-refractivity contribution in [3.05, 3.63) is 218 Å². The van der Waals surface area contributed by atoms with Crippen LogP contribution in [0, 0.1) is 5.82 Å². The van der Waals surface area contributed by atoms with Crippen molar-refractivity contribution in [2.75, 3.05) is 4.90 Å². The average Bonchev–Trinajstić information content (AvgIpc) is 3.83. The summed E-state index contributed by atoms with van der Waals surface area (Å²) in [6, 6.07) is 72.8. The van der Waals surface area contributed by atoms with Gasteiger partial charge in [0, 0.05) is 44.0 Å². The lowest BCUT2D eigenvalue weighted by atomic mass is 10.00. The Balaban J connectivity index is 1.08. The van der Waals surface area contributed by atoms with Gasteiger partial charge in [-0.3, -0.25) is 0 Å². The normalized spacial score (nSPS) is 11.5. The number of fused-ring (bicyclic) bond motifs is 6. The number of halogens is 1. The summed E-state index contributed by atoms with van der Waals surface area (Å²) in [6.07, 6.45) is 0. The van der Waals surface area contributed by atoms with E-state index in [9.17, 15) is 0 Å². The van der Waals surface area contributed by atoms with E-state index in [0.29, 0.717) is 0 Å². The molecule has 0 unspecified atom stereocenters. The maximum atomic E-state index is 15.0. The molecular weight excluding hydrogens is 712 g/mol. The Hall–Kier alpha value is -7.69. The van der Waals surface area contributed by atoms with Crippen molar-refractivity contribution in [2.24, 2.45) is 0 Å². The third kappa shape index (κ3) is 5.57. The smallest absolute Gasteiger partial charge is 0.143 e. The maximum Gasteiger partial charge on any atom is 0.143 e. The van der Waals surface area contributed by atoms with Gasteiger partial charge in [-0.05, 0) is 82.9 Å². The molecule has 0 aliphatic heterocycles. The molecule has 0 fully saturated rings. The van der Waals surface area contributed by atoms with E-state index >= 15 is 4.39 Å². The predicted octanol–water partition coefficient (Wildman–Crippen LogP) is 15.3. The van der Waals surface area contributed by atoms with E-state index in [0.717, 1.165) is 99.9 Å². The molecule has 4 heteroatoms. The lowest BCUT2D eigenvalue weighted by Crippen LogP contribution is -2.13. The maximum absolute atomic E-state index is 15.0. The van der Waals surface area contributed by atoms with E-state index in [4.69, 9.17) is 4.42 Å². The predicted molar refractivity (Wildman–Crippen MR) is 239 cm³/mol. The molecular formula is C54H35FN2O. The zero-order valence-corrected chi connectivity index (χ0v) is 31.4. The number of benzene rings is 9. The van der Waals surface area contributed by atoms with Crippen LogP contribution < -0.4 is 4.90 Å². The molecule has 0 N–H and O–H groups in total. The summed E-state index contributed by atoms with van der Waals surface area (Å²) in [7, 11) is 0. The van der Waals surface area contributed by atoms with Crippen LogP contribution in [0.5, 0.6) is 0 Å². The van der Waals surface area contributed by atoms with Crippen LogP contribution >= 0.6 is 0 Å². The number of hydrogen-bond donors (Lipinski definition) is 0. The largest absolute Gasteiger partial charge is 0.455 e. The van der Waals surface area contributed by atoms with Crippen molar-refractivity contribution < 1.29 is 8.81 Å². The number of hydrogen-bond acceptors (Lipinski definition) is 2. The van der Waals surface area contributed by atoms with Crippen LogP contribution in [0.15, 0.2) is 217 Å². The zero-order valence-electron chi connectivity index (χ0n) is 31.4. The van der Waals surface area contributed by atoms with Crippen LogP contribution in [0.3, 0.4) is 0 Å². The van der Waals surface area contributed by atoms with Crippen LogP contribution in [0.4, 0.5) is 21.5 Å². The molecule has 9 aromatic carbocycles. The third-order valence-corrected chi connectivity index (χ3v) is 11.3. The number of nitrogens with zero attached hydrogens (tertiary/aromatic N) is 2. The minimum atomic E-state index is -0.270. The monoisotopic (exact) mass is 746 g/mol. The second kappa shape index (κ2) is 13.8. The highest BCUT2D eigenvalue weighted by Gasteiger charge is 2.22. The molecule has 11 aromatic rings. The van der Waals surface area contributed by atoms with Gasteiger partial charge in [-0.15, -0.1) is 0 Å².